The molecule has 0 spiro atoms. The standard InChI is InChI=1S/C13H15NO2/c1-14-10-6-5-8-11-7-3-4-9-12(11)13(15)16-2/h3-4,7,9,14H,6,10H2,1-2H3. The zero-order chi connectivity index (χ0) is 11.8. The van der Waals surface area contributed by atoms with Crippen molar-refractivity contribution in [3.63, 3.8) is 0 Å². The molecule has 0 saturated carbocycles. The number of rotatable bonds is 3. The van der Waals surface area contributed by atoms with E-state index in [0.29, 0.717) is 11.1 Å². The molecule has 0 atom stereocenters. The minimum Gasteiger partial charge on any atom is -0.465 e. The van der Waals surface area contributed by atoms with Crippen LogP contribution in [0.15, 0.2) is 24.3 Å². The van der Waals surface area contributed by atoms with Gasteiger partial charge in [-0.15, -0.1) is 0 Å². The fourth-order valence-corrected chi connectivity index (χ4v) is 1.23. The van der Waals surface area contributed by atoms with E-state index >= 15 is 0 Å². The highest BCUT2D eigenvalue weighted by molar-refractivity contribution is 5.92. The molecular formula is C13H15NO2. The minimum atomic E-state index is -0.349. The van der Waals surface area contributed by atoms with Gasteiger partial charge in [0.25, 0.3) is 0 Å². The first-order valence-corrected chi connectivity index (χ1v) is 5.10. The van der Waals surface area contributed by atoms with Crippen LogP contribution in [-0.4, -0.2) is 26.7 Å². The molecule has 0 amide bonds. The van der Waals surface area contributed by atoms with Crippen molar-refractivity contribution in [2.24, 2.45) is 0 Å². The zero-order valence-electron chi connectivity index (χ0n) is 9.54. The molecule has 0 heterocycles. The normalized spacial score (nSPS) is 9.12. The van der Waals surface area contributed by atoms with Crippen molar-refractivity contribution in [1.82, 2.24) is 5.32 Å². The van der Waals surface area contributed by atoms with Gasteiger partial charge in [-0.05, 0) is 19.2 Å². The summed E-state index contributed by atoms with van der Waals surface area (Å²) in [4.78, 5) is 11.4. The molecular weight excluding hydrogens is 202 g/mol. The smallest absolute Gasteiger partial charge is 0.339 e. The number of hydrogen-bond acceptors (Lipinski definition) is 3. The van der Waals surface area contributed by atoms with Crippen molar-refractivity contribution in [3.05, 3.63) is 35.4 Å². The molecule has 1 rings (SSSR count). The second-order valence-electron chi connectivity index (χ2n) is 3.19. The summed E-state index contributed by atoms with van der Waals surface area (Å²) in [5.41, 5.74) is 1.23. The van der Waals surface area contributed by atoms with Crippen LogP contribution < -0.4 is 5.32 Å². The van der Waals surface area contributed by atoms with Crippen LogP contribution >= 0.6 is 0 Å². The molecule has 0 saturated heterocycles. The summed E-state index contributed by atoms with van der Waals surface area (Å²) < 4.78 is 4.69. The highest BCUT2D eigenvalue weighted by atomic mass is 16.5. The lowest BCUT2D eigenvalue weighted by molar-refractivity contribution is 0.0600. The van der Waals surface area contributed by atoms with Gasteiger partial charge in [-0.1, -0.05) is 24.0 Å². The third-order valence-electron chi connectivity index (χ3n) is 2.06. The molecule has 0 unspecified atom stereocenters. The van der Waals surface area contributed by atoms with Crippen LogP contribution in [0, 0.1) is 11.8 Å². The second kappa shape index (κ2) is 6.65. The molecule has 16 heavy (non-hydrogen) atoms. The van der Waals surface area contributed by atoms with Crippen molar-refractivity contribution in [1.29, 1.82) is 0 Å². The van der Waals surface area contributed by atoms with E-state index in [1.165, 1.54) is 7.11 Å². The van der Waals surface area contributed by atoms with Gasteiger partial charge < -0.3 is 10.1 Å². The number of esters is 1. The Balaban J connectivity index is 2.85. The number of carbonyl (C=O) groups excluding carboxylic acids is 1. The maximum Gasteiger partial charge on any atom is 0.339 e. The summed E-state index contributed by atoms with van der Waals surface area (Å²) in [5.74, 6) is 5.63. The fraction of sp³-hybridized carbons (Fsp3) is 0.308. The second-order valence-corrected chi connectivity index (χ2v) is 3.19. The number of methoxy groups -OCH3 is 1. The Labute approximate surface area is 95.8 Å². The van der Waals surface area contributed by atoms with Crippen molar-refractivity contribution < 1.29 is 9.53 Å². The fourth-order valence-electron chi connectivity index (χ4n) is 1.23. The van der Waals surface area contributed by atoms with Gasteiger partial charge in [0.05, 0.1) is 12.7 Å². The number of benzene rings is 1. The van der Waals surface area contributed by atoms with Crippen LogP contribution in [-0.2, 0) is 4.74 Å². The van der Waals surface area contributed by atoms with Gasteiger partial charge in [-0.2, -0.15) is 0 Å². The Morgan fingerprint density at radius 1 is 1.44 bits per heavy atom. The first kappa shape index (κ1) is 12.3. The molecule has 0 aliphatic rings. The van der Waals surface area contributed by atoms with E-state index in [1.54, 1.807) is 12.1 Å². The quantitative estimate of drug-likeness (QED) is 0.473. The molecule has 1 aromatic carbocycles. The number of carbonyl (C=O) groups is 1. The lowest BCUT2D eigenvalue weighted by atomic mass is 10.1. The molecule has 0 fully saturated rings. The summed E-state index contributed by atoms with van der Waals surface area (Å²) in [7, 11) is 3.25. The Morgan fingerprint density at radius 2 is 2.19 bits per heavy atom. The lowest BCUT2D eigenvalue weighted by Crippen LogP contribution is -2.06. The highest BCUT2D eigenvalue weighted by Crippen LogP contribution is 2.08. The van der Waals surface area contributed by atoms with Gasteiger partial charge in [-0.25, -0.2) is 4.79 Å². The summed E-state index contributed by atoms with van der Waals surface area (Å²) in [6.45, 7) is 0.841. The maximum atomic E-state index is 11.4. The Bertz CT molecular complexity index is 415. The zero-order valence-corrected chi connectivity index (χ0v) is 9.54. The molecule has 0 aliphatic heterocycles. The molecule has 3 heteroatoms. The highest BCUT2D eigenvalue weighted by Gasteiger charge is 2.08. The van der Waals surface area contributed by atoms with E-state index in [2.05, 4.69) is 21.9 Å². The molecule has 0 aliphatic carbocycles. The summed E-state index contributed by atoms with van der Waals surface area (Å²) in [6, 6.07) is 7.19. The van der Waals surface area contributed by atoms with E-state index in [4.69, 9.17) is 0 Å². The van der Waals surface area contributed by atoms with Crippen LogP contribution in [0.4, 0.5) is 0 Å². The van der Waals surface area contributed by atoms with E-state index in [-0.39, 0.29) is 5.97 Å². The van der Waals surface area contributed by atoms with Gasteiger partial charge in [-0.3, -0.25) is 0 Å². The van der Waals surface area contributed by atoms with Crippen LogP contribution in [0.2, 0.25) is 0 Å². The monoisotopic (exact) mass is 217 g/mol. The predicted octanol–water partition coefficient (Wildman–Crippen LogP) is 1.43. The van der Waals surface area contributed by atoms with Crippen LogP contribution in [0.1, 0.15) is 22.3 Å². The molecule has 0 radical (unpaired) electrons. The molecule has 3 nitrogen and oxygen atoms in total. The van der Waals surface area contributed by atoms with Gasteiger partial charge in [0.15, 0.2) is 0 Å². The molecule has 1 aromatic rings. The largest absolute Gasteiger partial charge is 0.465 e. The van der Waals surface area contributed by atoms with Gasteiger partial charge in [0.2, 0.25) is 0 Å². The Morgan fingerprint density at radius 3 is 2.88 bits per heavy atom. The van der Waals surface area contributed by atoms with Gasteiger partial charge in [0.1, 0.15) is 0 Å². The Hall–Kier alpha value is -1.79. The maximum absolute atomic E-state index is 11.4. The van der Waals surface area contributed by atoms with E-state index < -0.39 is 0 Å². The minimum absolute atomic E-state index is 0.349. The van der Waals surface area contributed by atoms with Crippen LogP contribution in [0.5, 0.6) is 0 Å². The van der Waals surface area contributed by atoms with Crippen LogP contribution in [0.25, 0.3) is 0 Å². The average molecular weight is 217 g/mol. The number of ether oxygens (including phenoxy) is 1. The summed E-state index contributed by atoms with van der Waals surface area (Å²) in [5, 5.41) is 3.01. The third kappa shape index (κ3) is 3.41. The van der Waals surface area contributed by atoms with Crippen molar-refractivity contribution in [2.45, 2.75) is 6.42 Å². The average Bonchev–Trinajstić information content (AvgIpc) is 2.34. The number of hydrogen-bond donors (Lipinski definition) is 1. The van der Waals surface area contributed by atoms with Gasteiger partial charge in [0, 0.05) is 18.5 Å². The molecule has 1 N–H and O–H groups in total. The van der Waals surface area contributed by atoms with Crippen LogP contribution in [0.3, 0.4) is 0 Å². The Kier molecular flexibility index (Phi) is 5.10. The number of nitrogens with one attached hydrogen (secondary N) is 1. The van der Waals surface area contributed by atoms with Gasteiger partial charge >= 0.3 is 5.97 Å². The SMILES string of the molecule is CNCCC#Cc1ccccc1C(=O)OC. The first-order valence-electron chi connectivity index (χ1n) is 5.10. The van der Waals surface area contributed by atoms with E-state index in [0.717, 1.165) is 13.0 Å². The topological polar surface area (TPSA) is 38.3 Å². The van der Waals surface area contributed by atoms with E-state index in [1.807, 2.05) is 19.2 Å². The van der Waals surface area contributed by atoms with Crippen molar-refractivity contribution in [3.8, 4) is 11.8 Å². The van der Waals surface area contributed by atoms with Crippen molar-refractivity contribution in [2.75, 3.05) is 20.7 Å². The molecule has 0 aromatic heterocycles. The van der Waals surface area contributed by atoms with E-state index in [9.17, 15) is 4.79 Å². The summed E-state index contributed by atoms with van der Waals surface area (Å²) in [6.07, 6.45) is 0.756. The first-order chi connectivity index (χ1) is 7.79. The third-order valence-corrected chi connectivity index (χ3v) is 2.06. The lowest BCUT2D eigenvalue weighted by Gasteiger charge is -2.01. The molecule has 0 bridgehead atoms. The molecule has 84 valence electrons. The predicted molar refractivity (Wildman–Crippen MR) is 63.2 cm³/mol. The summed E-state index contributed by atoms with van der Waals surface area (Å²) >= 11 is 0. The van der Waals surface area contributed by atoms with Crippen molar-refractivity contribution >= 4 is 5.97 Å².